The zero-order valence-corrected chi connectivity index (χ0v) is 18.5. The summed E-state index contributed by atoms with van der Waals surface area (Å²) in [4.78, 5) is 13.1. The molecule has 0 aliphatic rings. The van der Waals surface area contributed by atoms with Crippen LogP contribution in [0.4, 0.5) is 5.69 Å². The third-order valence-electron chi connectivity index (χ3n) is 5.21. The zero-order valence-electron chi connectivity index (χ0n) is 17.7. The van der Waals surface area contributed by atoms with E-state index in [-0.39, 0.29) is 11.3 Å². The largest absolute Gasteiger partial charge is 0.326 e. The summed E-state index contributed by atoms with van der Waals surface area (Å²) in [5.41, 5.74) is 3.76. The Morgan fingerprint density at radius 2 is 1.71 bits per heavy atom. The molecular weight excluding hydrogens is 408 g/mol. The molecule has 3 aromatic rings. The van der Waals surface area contributed by atoms with Gasteiger partial charge >= 0.3 is 0 Å². The molecule has 5 nitrogen and oxygen atoms in total. The summed E-state index contributed by atoms with van der Waals surface area (Å²) in [6.45, 7) is 5.44. The number of nitriles is 1. The molecule has 0 spiro atoms. The van der Waals surface area contributed by atoms with Crippen molar-refractivity contribution in [2.24, 2.45) is 0 Å². The van der Waals surface area contributed by atoms with Gasteiger partial charge in [-0.25, -0.2) is 8.42 Å². The van der Waals surface area contributed by atoms with Gasteiger partial charge in [0.25, 0.3) is 0 Å². The fourth-order valence-electron chi connectivity index (χ4n) is 3.55. The molecule has 6 heteroatoms. The predicted molar refractivity (Wildman–Crippen MR) is 121 cm³/mol. The number of nitrogens with one attached hydrogen (secondary N) is 1. The molecule has 31 heavy (non-hydrogen) atoms. The fraction of sp³-hybridized carbons (Fsp3) is 0.200. The summed E-state index contributed by atoms with van der Waals surface area (Å²) in [6.07, 6.45) is -0.239. The maximum absolute atomic E-state index is 13.7. The van der Waals surface area contributed by atoms with Gasteiger partial charge in [-0.2, -0.15) is 5.26 Å². The molecule has 0 aromatic heterocycles. The second-order valence-corrected chi connectivity index (χ2v) is 9.70. The van der Waals surface area contributed by atoms with Crippen LogP contribution in [0.1, 0.15) is 39.5 Å². The van der Waals surface area contributed by atoms with Crippen molar-refractivity contribution in [1.29, 1.82) is 5.26 Å². The van der Waals surface area contributed by atoms with E-state index in [1.807, 2.05) is 38.1 Å². The van der Waals surface area contributed by atoms with Gasteiger partial charge in [-0.1, -0.05) is 42.5 Å². The number of rotatable bonds is 6. The summed E-state index contributed by atoms with van der Waals surface area (Å²) in [7, 11) is -3.84. The van der Waals surface area contributed by atoms with Gasteiger partial charge < -0.3 is 5.32 Å². The Labute approximate surface area is 183 Å². The average molecular weight is 433 g/mol. The lowest BCUT2D eigenvalue weighted by molar-refractivity contribution is -0.116. The Morgan fingerprint density at radius 3 is 2.42 bits per heavy atom. The third-order valence-corrected chi connectivity index (χ3v) is 7.43. The highest BCUT2D eigenvalue weighted by Crippen LogP contribution is 2.35. The second-order valence-electron chi connectivity index (χ2n) is 7.60. The van der Waals surface area contributed by atoms with Crippen molar-refractivity contribution in [3.05, 3.63) is 94.5 Å². The summed E-state index contributed by atoms with van der Waals surface area (Å²) in [5, 5.41) is 10.8. The van der Waals surface area contributed by atoms with Crippen LogP contribution in [0.3, 0.4) is 0 Å². The molecule has 158 valence electrons. The van der Waals surface area contributed by atoms with Gasteiger partial charge in [-0.3, -0.25) is 4.79 Å². The lowest BCUT2D eigenvalue weighted by Gasteiger charge is -2.21. The Kier molecular flexibility index (Phi) is 6.57. The van der Waals surface area contributed by atoms with Crippen LogP contribution >= 0.6 is 0 Å². The van der Waals surface area contributed by atoms with Crippen LogP contribution in [0, 0.1) is 32.1 Å². The number of aryl methyl sites for hydroxylation is 3. The van der Waals surface area contributed by atoms with E-state index in [0.29, 0.717) is 22.4 Å². The molecule has 0 radical (unpaired) electrons. The first kappa shape index (κ1) is 22.3. The van der Waals surface area contributed by atoms with Crippen LogP contribution in [-0.4, -0.2) is 14.3 Å². The number of nitrogens with zero attached hydrogens (tertiary/aromatic N) is 1. The van der Waals surface area contributed by atoms with Crippen molar-refractivity contribution >= 4 is 21.4 Å². The molecule has 0 saturated carbocycles. The van der Waals surface area contributed by atoms with Gasteiger partial charge in [0.05, 0.1) is 21.8 Å². The average Bonchev–Trinajstić information content (AvgIpc) is 2.74. The minimum absolute atomic E-state index is 0.236. The molecule has 0 heterocycles. The van der Waals surface area contributed by atoms with Gasteiger partial charge in [-0.15, -0.1) is 0 Å². The molecule has 3 rings (SSSR count). The number of carbonyl (C=O) groups excluding carboxylic acids is 1. The van der Waals surface area contributed by atoms with E-state index >= 15 is 0 Å². The number of hydrogen-bond acceptors (Lipinski definition) is 4. The minimum atomic E-state index is -3.84. The lowest BCUT2D eigenvalue weighted by atomic mass is 10.0. The van der Waals surface area contributed by atoms with Crippen LogP contribution in [0.2, 0.25) is 0 Å². The van der Waals surface area contributed by atoms with Crippen molar-refractivity contribution < 1.29 is 13.2 Å². The highest BCUT2D eigenvalue weighted by molar-refractivity contribution is 7.91. The van der Waals surface area contributed by atoms with Crippen LogP contribution in [0.25, 0.3) is 0 Å². The van der Waals surface area contributed by atoms with E-state index < -0.39 is 21.0 Å². The molecule has 1 amide bonds. The van der Waals surface area contributed by atoms with Crippen LogP contribution in [-0.2, 0) is 14.6 Å². The summed E-state index contributed by atoms with van der Waals surface area (Å²) in [6, 6.07) is 21.1. The summed E-state index contributed by atoms with van der Waals surface area (Å²) >= 11 is 0. The van der Waals surface area contributed by atoms with Crippen LogP contribution < -0.4 is 5.32 Å². The SMILES string of the molecule is Cc1ccc(C)c(S(=O)(=O)C(CC(=O)Nc2cccc(C#N)c2)c2ccccc2C)c1. The third kappa shape index (κ3) is 5.01. The predicted octanol–water partition coefficient (Wildman–Crippen LogP) is 5.03. The first-order valence-corrected chi connectivity index (χ1v) is 11.4. The van der Waals surface area contributed by atoms with Crippen molar-refractivity contribution in [3.8, 4) is 6.07 Å². The van der Waals surface area contributed by atoms with E-state index in [1.54, 1.807) is 55.5 Å². The van der Waals surface area contributed by atoms with E-state index in [2.05, 4.69) is 5.32 Å². The van der Waals surface area contributed by atoms with Crippen molar-refractivity contribution in [2.45, 2.75) is 37.3 Å². The van der Waals surface area contributed by atoms with Crippen molar-refractivity contribution in [1.82, 2.24) is 0 Å². The highest BCUT2D eigenvalue weighted by Gasteiger charge is 2.33. The highest BCUT2D eigenvalue weighted by atomic mass is 32.2. The fourth-order valence-corrected chi connectivity index (χ4v) is 5.69. The van der Waals surface area contributed by atoms with E-state index in [1.165, 1.54) is 0 Å². The molecule has 3 aromatic carbocycles. The maximum Gasteiger partial charge on any atom is 0.226 e. The Bertz CT molecular complexity index is 1270. The van der Waals surface area contributed by atoms with E-state index in [4.69, 9.17) is 5.26 Å². The normalized spacial score (nSPS) is 12.1. The number of hydrogen-bond donors (Lipinski definition) is 1. The molecule has 1 atom stereocenters. The van der Waals surface area contributed by atoms with Crippen molar-refractivity contribution in [3.63, 3.8) is 0 Å². The molecule has 0 aliphatic carbocycles. The van der Waals surface area contributed by atoms with Gasteiger partial charge in [0, 0.05) is 12.1 Å². The number of carbonyl (C=O) groups is 1. The first-order valence-electron chi connectivity index (χ1n) is 9.89. The second kappa shape index (κ2) is 9.15. The lowest BCUT2D eigenvalue weighted by Crippen LogP contribution is -2.23. The molecule has 1 N–H and O–H groups in total. The van der Waals surface area contributed by atoms with E-state index in [0.717, 1.165) is 11.1 Å². The van der Waals surface area contributed by atoms with Crippen LogP contribution in [0.15, 0.2) is 71.6 Å². The molecule has 0 aliphatic heterocycles. The van der Waals surface area contributed by atoms with Gasteiger partial charge in [0.15, 0.2) is 9.84 Å². The molecular formula is C25H24N2O3S. The van der Waals surface area contributed by atoms with Gasteiger partial charge in [0.1, 0.15) is 0 Å². The quantitative estimate of drug-likeness (QED) is 0.592. The Morgan fingerprint density at radius 1 is 0.968 bits per heavy atom. The minimum Gasteiger partial charge on any atom is -0.326 e. The van der Waals surface area contributed by atoms with Gasteiger partial charge in [0.2, 0.25) is 5.91 Å². The van der Waals surface area contributed by atoms with Crippen LogP contribution in [0.5, 0.6) is 0 Å². The monoisotopic (exact) mass is 432 g/mol. The zero-order chi connectivity index (χ0) is 22.6. The topological polar surface area (TPSA) is 87.0 Å². The maximum atomic E-state index is 13.7. The number of benzene rings is 3. The molecule has 0 bridgehead atoms. The van der Waals surface area contributed by atoms with Gasteiger partial charge in [-0.05, 0) is 67.3 Å². The summed E-state index contributed by atoms with van der Waals surface area (Å²) in [5.74, 6) is -0.433. The smallest absolute Gasteiger partial charge is 0.226 e. The standard InChI is InChI=1S/C25H24N2O3S/c1-17-11-12-19(3)23(13-17)31(29,30)24(22-10-5-4-7-18(22)2)15-25(28)27-21-9-6-8-20(14-21)16-26/h4-14,24H,15H2,1-3H3,(H,27,28). The Hall–Kier alpha value is -3.43. The van der Waals surface area contributed by atoms with Crippen molar-refractivity contribution in [2.75, 3.05) is 5.32 Å². The summed E-state index contributed by atoms with van der Waals surface area (Å²) < 4.78 is 27.4. The number of amides is 1. The number of sulfone groups is 1. The Balaban J connectivity index is 2.01. The van der Waals surface area contributed by atoms with E-state index in [9.17, 15) is 13.2 Å². The number of anilines is 1. The molecule has 1 unspecified atom stereocenters. The first-order chi connectivity index (χ1) is 14.7. The molecule has 0 saturated heterocycles. The molecule has 0 fully saturated rings.